The fourth-order valence-corrected chi connectivity index (χ4v) is 5.72. The molecule has 1 fully saturated rings. The zero-order valence-corrected chi connectivity index (χ0v) is 23.4. The number of hydrogen-bond donors (Lipinski definition) is 1. The third-order valence-electron chi connectivity index (χ3n) is 4.77. The van der Waals surface area contributed by atoms with Gasteiger partial charge in [-0.25, -0.2) is 0 Å². The van der Waals surface area contributed by atoms with Crippen molar-refractivity contribution in [3.63, 3.8) is 0 Å². The first-order valence-corrected chi connectivity index (χ1v) is 12.5. The van der Waals surface area contributed by atoms with Gasteiger partial charge in [-0.3, -0.25) is 0 Å². The molecule has 2 aromatic carbocycles. The second-order valence-corrected chi connectivity index (χ2v) is 10.3. The molecule has 9 heteroatoms. The summed E-state index contributed by atoms with van der Waals surface area (Å²) in [6.07, 6.45) is 3.63. The number of methoxy groups -OCH3 is 2. The number of nitrogens with zero attached hydrogens (tertiary/aromatic N) is 1. The standard InChI is InChI=1S/C14H19Br2NO2.C7H6Br2O2/c1-17-6-3-4-11(17)5-7-19-13-9-10(15)8-12(16)14(13)18-2;1-11-6-3-4(8)2-5(9)7(6)10/h8-9,11H,3-7H2,1-2H3;2-3,10H,1H3. The first-order valence-electron chi connectivity index (χ1n) is 9.34. The van der Waals surface area contributed by atoms with Crippen molar-refractivity contribution in [1.82, 2.24) is 4.90 Å². The number of aromatic hydroxyl groups is 1. The molecule has 0 amide bonds. The Hall–Kier alpha value is -0.480. The van der Waals surface area contributed by atoms with Gasteiger partial charge in [0.2, 0.25) is 0 Å². The molecule has 0 aromatic heterocycles. The lowest BCUT2D eigenvalue weighted by Gasteiger charge is -2.20. The van der Waals surface area contributed by atoms with E-state index in [0.29, 0.717) is 22.9 Å². The van der Waals surface area contributed by atoms with Crippen LogP contribution in [0.4, 0.5) is 0 Å². The number of halogens is 4. The van der Waals surface area contributed by atoms with Crippen molar-refractivity contribution in [3.8, 4) is 23.0 Å². The molecular weight excluding hydrogens is 650 g/mol. The second-order valence-electron chi connectivity index (χ2n) is 6.77. The monoisotopic (exact) mass is 671 g/mol. The minimum Gasteiger partial charge on any atom is -0.503 e. The van der Waals surface area contributed by atoms with Crippen LogP contribution in [0.3, 0.4) is 0 Å². The first-order chi connectivity index (χ1) is 14.3. The van der Waals surface area contributed by atoms with E-state index in [1.165, 1.54) is 26.5 Å². The highest BCUT2D eigenvalue weighted by molar-refractivity contribution is 9.11. The number of benzene rings is 2. The van der Waals surface area contributed by atoms with Gasteiger partial charge >= 0.3 is 0 Å². The van der Waals surface area contributed by atoms with Crippen LogP contribution in [0.15, 0.2) is 42.2 Å². The lowest BCUT2D eigenvalue weighted by molar-refractivity contribution is 0.227. The first kappa shape index (κ1) is 25.8. The van der Waals surface area contributed by atoms with E-state index in [1.807, 2.05) is 12.1 Å². The Morgan fingerprint density at radius 2 is 1.60 bits per heavy atom. The summed E-state index contributed by atoms with van der Waals surface area (Å²) >= 11 is 13.4. The summed E-state index contributed by atoms with van der Waals surface area (Å²) in [6.45, 7) is 1.92. The lowest BCUT2D eigenvalue weighted by Crippen LogP contribution is -2.26. The zero-order valence-electron chi connectivity index (χ0n) is 17.1. The molecular formula is C21H25Br4NO4. The van der Waals surface area contributed by atoms with Crippen LogP contribution >= 0.6 is 63.7 Å². The van der Waals surface area contributed by atoms with E-state index in [1.54, 1.807) is 19.2 Å². The third kappa shape index (κ3) is 7.29. The van der Waals surface area contributed by atoms with Gasteiger partial charge in [0, 0.05) is 15.0 Å². The number of phenols is 1. The van der Waals surface area contributed by atoms with Gasteiger partial charge in [-0.15, -0.1) is 0 Å². The quantitative estimate of drug-likeness (QED) is 0.358. The highest BCUT2D eigenvalue weighted by Gasteiger charge is 2.20. The molecule has 1 saturated heterocycles. The van der Waals surface area contributed by atoms with Crippen LogP contribution in [0, 0.1) is 0 Å². The van der Waals surface area contributed by atoms with E-state index in [2.05, 4.69) is 75.7 Å². The van der Waals surface area contributed by atoms with Crippen molar-refractivity contribution in [2.45, 2.75) is 25.3 Å². The normalized spacial score (nSPS) is 16.0. The number of ether oxygens (including phenoxy) is 3. The van der Waals surface area contributed by atoms with Gasteiger partial charge in [-0.2, -0.15) is 0 Å². The molecule has 2 aromatic rings. The second kappa shape index (κ2) is 12.5. The SMILES string of the molecule is COc1c(Br)cc(Br)cc1OCCC1CCCN1C.COc1cc(Br)cc(Br)c1O. The number of likely N-dealkylation sites (tertiary alicyclic amines) is 1. The lowest BCUT2D eigenvalue weighted by atomic mass is 10.1. The van der Waals surface area contributed by atoms with Crippen LogP contribution in [0.2, 0.25) is 0 Å². The van der Waals surface area contributed by atoms with E-state index in [4.69, 9.17) is 14.2 Å². The summed E-state index contributed by atoms with van der Waals surface area (Å²) in [7, 11) is 5.35. The molecule has 30 heavy (non-hydrogen) atoms. The van der Waals surface area contributed by atoms with Crippen LogP contribution in [0.1, 0.15) is 19.3 Å². The zero-order chi connectivity index (χ0) is 22.3. The predicted molar refractivity (Wildman–Crippen MR) is 134 cm³/mol. The largest absolute Gasteiger partial charge is 0.503 e. The molecule has 0 saturated carbocycles. The Bertz CT molecular complexity index is 850. The maximum atomic E-state index is 9.33. The van der Waals surface area contributed by atoms with Gasteiger partial charge in [0.05, 0.1) is 29.8 Å². The van der Waals surface area contributed by atoms with Gasteiger partial charge in [-0.05, 0) is 89.0 Å². The Balaban J connectivity index is 0.000000248. The van der Waals surface area contributed by atoms with Crippen molar-refractivity contribution in [3.05, 3.63) is 42.2 Å². The molecule has 0 spiro atoms. The predicted octanol–water partition coefficient (Wildman–Crippen LogP) is 7.01. The van der Waals surface area contributed by atoms with Gasteiger partial charge in [0.15, 0.2) is 23.0 Å². The van der Waals surface area contributed by atoms with E-state index in [9.17, 15) is 5.11 Å². The molecule has 1 atom stereocenters. The van der Waals surface area contributed by atoms with E-state index in [-0.39, 0.29) is 5.75 Å². The highest BCUT2D eigenvalue weighted by atomic mass is 79.9. The molecule has 0 radical (unpaired) electrons. The van der Waals surface area contributed by atoms with Crippen LogP contribution in [0.25, 0.3) is 0 Å². The van der Waals surface area contributed by atoms with Crippen LogP contribution in [0.5, 0.6) is 23.0 Å². The molecule has 5 nitrogen and oxygen atoms in total. The van der Waals surface area contributed by atoms with Crippen LogP contribution < -0.4 is 14.2 Å². The highest BCUT2D eigenvalue weighted by Crippen LogP contribution is 2.38. The van der Waals surface area contributed by atoms with Gasteiger partial charge in [-0.1, -0.05) is 31.9 Å². The van der Waals surface area contributed by atoms with E-state index < -0.39 is 0 Å². The maximum Gasteiger partial charge on any atom is 0.174 e. The molecule has 1 aliphatic rings. The summed E-state index contributed by atoms with van der Waals surface area (Å²) in [5.41, 5.74) is 0. The smallest absolute Gasteiger partial charge is 0.174 e. The van der Waals surface area contributed by atoms with Gasteiger partial charge in [0.25, 0.3) is 0 Å². The van der Waals surface area contributed by atoms with Crippen molar-refractivity contribution >= 4 is 63.7 Å². The summed E-state index contributed by atoms with van der Waals surface area (Å²) in [4.78, 5) is 2.41. The fraction of sp³-hybridized carbons (Fsp3) is 0.429. The molecule has 0 aliphatic carbocycles. The molecule has 1 aliphatic heterocycles. The average molecular weight is 675 g/mol. The van der Waals surface area contributed by atoms with Crippen molar-refractivity contribution in [1.29, 1.82) is 0 Å². The summed E-state index contributed by atoms with van der Waals surface area (Å²) in [6, 6.07) is 8.00. The minimum absolute atomic E-state index is 0.121. The Morgan fingerprint density at radius 3 is 2.17 bits per heavy atom. The van der Waals surface area contributed by atoms with Gasteiger partial charge < -0.3 is 24.2 Å². The number of rotatable bonds is 6. The molecule has 3 rings (SSSR count). The molecule has 1 unspecified atom stereocenters. The van der Waals surface area contributed by atoms with Crippen LogP contribution in [-0.2, 0) is 0 Å². The Labute approximate surface area is 211 Å². The summed E-state index contributed by atoms with van der Waals surface area (Å²) in [5.74, 6) is 2.11. The number of hydrogen-bond acceptors (Lipinski definition) is 5. The van der Waals surface area contributed by atoms with Crippen LogP contribution in [-0.4, -0.2) is 50.5 Å². The molecule has 1 N–H and O–H groups in total. The third-order valence-corrected chi connectivity index (χ3v) is 6.88. The maximum absolute atomic E-state index is 9.33. The topological polar surface area (TPSA) is 51.2 Å². The van der Waals surface area contributed by atoms with E-state index >= 15 is 0 Å². The molecule has 166 valence electrons. The van der Waals surface area contributed by atoms with Gasteiger partial charge in [0.1, 0.15) is 0 Å². The average Bonchev–Trinajstić information content (AvgIpc) is 3.10. The Morgan fingerprint density at radius 1 is 0.967 bits per heavy atom. The number of phenolic OH excluding ortho intramolecular Hbond substituents is 1. The summed E-state index contributed by atoms with van der Waals surface area (Å²) < 4.78 is 19.5. The van der Waals surface area contributed by atoms with Crippen molar-refractivity contribution < 1.29 is 19.3 Å². The van der Waals surface area contributed by atoms with Crippen molar-refractivity contribution in [2.24, 2.45) is 0 Å². The Kier molecular flexibility index (Phi) is 10.8. The van der Waals surface area contributed by atoms with Crippen molar-refractivity contribution in [2.75, 3.05) is 34.4 Å². The minimum atomic E-state index is 0.121. The molecule has 0 bridgehead atoms. The molecule has 1 heterocycles. The fourth-order valence-electron chi connectivity index (χ4n) is 3.19. The van der Waals surface area contributed by atoms with E-state index in [0.717, 1.165) is 31.3 Å². The summed E-state index contributed by atoms with van der Waals surface area (Å²) in [5, 5.41) is 9.33.